The number of hydrogen-bond donors (Lipinski definition) is 1. The van der Waals surface area contributed by atoms with E-state index in [-0.39, 0.29) is 12.0 Å². The van der Waals surface area contributed by atoms with Crippen molar-refractivity contribution in [2.45, 2.75) is 63.5 Å². The van der Waals surface area contributed by atoms with Crippen LogP contribution in [0.5, 0.6) is 0 Å². The Kier molecular flexibility index (Phi) is 4.31. The molecule has 1 aromatic heterocycles. The molecule has 0 radical (unpaired) electrons. The Labute approximate surface area is 157 Å². The van der Waals surface area contributed by atoms with Gasteiger partial charge in [-0.05, 0) is 49.9 Å². The van der Waals surface area contributed by atoms with Crippen molar-refractivity contribution in [1.29, 1.82) is 0 Å². The summed E-state index contributed by atoms with van der Waals surface area (Å²) in [5.41, 5.74) is 0. The monoisotopic (exact) mass is 379 g/mol. The van der Waals surface area contributed by atoms with E-state index >= 15 is 0 Å². The molecule has 0 spiro atoms. The predicted octanol–water partition coefficient (Wildman–Crippen LogP) is 2.94. The van der Waals surface area contributed by atoms with Crippen LogP contribution in [0.15, 0.2) is 6.33 Å². The van der Waals surface area contributed by atoms with E-state index in [0.29, 0.717) is 36.0 Å². The molecule has 4 atom stereocenters. The van der Waals surface area contributed by atoms with Gasteiger partial charge in [-0.25, -0.2) is 13.5 Å². The number of piperidine rings is 1. The highest BCUT2D eigenvalue weighted by Gasteiger charge is 2.56. The summed E-state index contributed by atoms with van der Waals surface area (Å²) in [6.45, 7) is 1.51. The number of carbonyl (C=O) groups excluding carboxylic acids is 1. The summed E-state index contributed by atoms with van der Waals surface area (Å²) >= 11 is 0. The number of rotatable bonds is 3. The Balaban J connectivity index is 1.19. The molecule has 3 heterocycles. The fourth-order valence-electron chi connectivity index (χ4n) is 5.79. The first-order chi connectivity index (χ1) is 13.1. The number of likely N-dealkylation sites (tertiary alicyclic amines) is 1. The second kappa shape index (κ2) is 6.71. The number of nitrogens with one attached hydrogen (secondary N) is 1. The maximum absolute atomic E-state index is 13.5. The molecule has 1 N–H and O–H groups in total. The van der Waals surface area contributed by atoms with Crippen molar-refractivity contribution >= 4 is 11.9 Å². The summed E-state index contributed by atoms with van der Waals surface area (Å²) < 4.78 is 28.2. The molecule has 6 nitrogen and oxygen atoms in total. The Bertz CT molecular complexity index is 690. The van der Waals surface area contributed by atoms with Gasteiger partial charge < -0.3 is 10.2 Å². The quantitative estimate of drug-likeness (QED) is 0.877. The first-order valence-electron chi connectivity index (χ1n) is 10.4. The second-order valence-electron chi connectivity index (χ2n) is 8.72. The highest BCUT2D eigenvalue weighted by atomic mass is 19.3. The van der Waals surface area contributed by atoms with Crippen molar-refractivity contribution in [3.05, 3.63) is 6.33 Å². The lowest BCUT2D eigenvalue weighted by atomic mass is 9.85. The molecule has 1 aromatic rings. The lowest BCUT2D eigenvalue weighted by molar-refractivity contribution is -0.134. The lowest BCUT2D eigenvalue weighted by Crippen LogP contribution is -2.46. The molecular formula is C19H27F2N5O. The molecule has 3 fully saturated rings. The smallest absolute Gasteiger partial charge is 0.260 e. The van der Waals surface area contributed by atoms with Crippen LogP contribution < -0.4 is 5.32 Å². The Hall–Kier alpha value is -1.73. The molecule has 4 aliphatic rings. The highest BCUT2D eigenvalue weighted by molar-refractivity contribution is 5.82. The summed E-state index contributed by atoms with van der Waals surface area (Å²) in [4.78, 5) is 19.0. The van der Waals surface area contributed by atoms with Gasteiger partial charge in [0.15, 0.2) is 0 Å². The zero-order valence-electron chi connectivity index (χ0n) is 15.4. The average Bonchev–Trinajstić information content (AvgIpc) is 3.23. The number of hydrogen-bond acceptors (Lipinski definition) is 4. The number of carbonyl (C=O) groups is 1. The van der Waals surface area contributed by atoms with Crippen LogP contribution in [0.2, 0.25) is 0 Å². The number of nitrogens with zero attached hydrogens (tertiary/aromatic N) is 4. The van der Waals surface area contributed by atoms with E-state index in [9.17, 15) is 13.6 Å². The van der Waals surface area contributed by atoms with Crippen molar-refractivity contribution in [1.82, 2.24) is 19.7 Å². The van der Waals surface area contributed by atoms with E-state index < -0.39 is 12.5 Å². The van der Waals surface area contributed by atoms with Gasteiger partial charge in [0, 0.05) is 25.0 Å². The third kappa shape index (κ3) is 3.01. The van der Waals surface area contributed by atoms with E-state index in [1.165, 1.54) is 36.7 Å². The van der Waals surface area contributed by atoms with Gasteiger partial charge in [-0.3, -0.25) is 4.79 Å². The van der Waals surface area contributed by atoms with Crippen LogP contribution in [0.1, 0.15) is 51.0 Å². The van der Waals surface area contributed by atoms with Gasteiger partial charge in [0.05, 0.1) is 0 Å². The van der Waals surface area contributed by atoms with Crippen LogP contribution in [0.3, 0.4) is 0 Å². The van der Waals surface area contributed by atoms with Gasteiger partial charge in [0.1, 0.15) is 12.4 Å². The largest absolute Gasteiger partial charge is 0.351 e. The van der Waals surface area contributed by atoms with E-state index in [4.69, 9.17) is 0 Å². The Morgan fingerprint density at radius 1 is 1.15 bits per heavy atom. The topological polar surface area (TPSA) is 63.1 Å². The maximum atomic E-state index is 13.5. The summed E-state index contributed by atoms with van der Waals surface area (Å²) in [7, 11) is 0. The Morgan fingerprint density at radius 2 is 1.85 bits per heavy atom. The standard InChI is InChI=1S/C19H27F2N5O/c20-17(21)15-9-14(24-19-22-10-23-26(15)19)11-5-7-25(8-6-11)18(27)16-12-3-1-2-4-13(12)16/h10-17H,1-9H2,(H,22,23,24)/t12?,13?,14-,15+,16?/m0/s1. The number of anilines is 1. The van der Waals surface area contributed by atoms with Gasteiger partial charge in [-0.15, -0.1) is 0 Å². The molecule has 27 heavy (non-hydrogen) atoms. The number of halogens is 2. The minimum absolute atomic E-state index is 0.0264. The van der Waals surface area contributed by atoms with Crippen LogP contribution in [-0.4, -0.2) is 51.1 Å². The third-order valence-corrected chi connectivity index (χ3v) is 7.35. The van der Waals surface area contributed by atoms with Crippen LogP contribution in [0.4, 0.5) is 14.7 Å². The van der Waals surface area contributed by atoms with Crippen molar-refractivity contribution in [2.24, 2.45) is 23.7 Å². The van der Waals surface area contributed by atoms with E-state index in [1.807, 2.05) is 4.90 Å². The van der Waals surface area contributed by atoms with E-state index in [1.54, 1.807) is 0 Å². The normalized spacial score (nSPS) is 36.1. The molecule has 0 bridgehead atoms. The fourth-order valence-corrected chi connectivity index (χ4v) is 5.79. The minimum atomic E-state index is -2.45. The lowest BCUT2D eigenvalue weighted by Gasteiger charge is -2.40. The summed E-state index contributed by atoms with van der Waals surface area (Å²) in [6, 6.07) is -0.940. The Morgan fingerprint density at radius 3 is 2.52 bits per heavy atom. The van der Waals surface area contributed by atoms with Crippen molar-refractivity contribution in [3.8, 4) is 0 Å². The molecule has 1 saturated heterocycles. The van der Waals surface area contributed by atoms with Gasteiger partial charge in [0.25, 0.3) is 6.43 Å². The molecule has 2 aliphatic heterocycles. The number of alkyl halides is 2. The molecule has 8 heteroatoms. The van der Waals surface area contributed by atoms with Crippen LogP contribution in [-0.2, 0) is 4.79 Å². The molecule has 148 valence electrons. The highest BCUT2D eigenvalue weighted by Crippen LogP contribution is 2.56. The molecule has 2 aliphatic carbocycles. The van der Waals surface area contributed by atoms with Crippen molar-refractivity contribution < 1.29 is 13.6 Å². The average molecular weight is 379 g/mol. The summed E-state index contributed by atoms with van der Waals surface area (Å²) in [5.74, 6) is 2.65. The van der Waals surface area contributed by atoms with Gasteiger partial charge >= 0.3 is 0 Å². The molecule has 2 unspecified atom stereocenters. The third-order valence-electron chi connectivity index (χ3n) is 7.35. The van der Waals surface area contributed by atoms with Gasteiger partial charge in [-0.1, -0.05) is 12.8 Å². The van der Waals surface area contributed by atoms with Crippen molar-refractivity contribution in [3.63, 3.8) is 0 Å². The number of aromatic nitrogens is 3. The zero-order chi connectivity index (χ0) is 18.5. The minimum Gasteiger partial charge on any atom is -0.351 e. The zero-order valence-corrected chi connectivity index (χ0v) is 15.4. The van der Waals surface area contributed by atoms with E-state index in [2.05, 4.69) is 15.4 Å². The number of fused-ring (bicyclic) bond motifs is 2. The first kappa shape index (κ1) is 17.4. The SMILES string of the molecule is O=C(C1C2CCCCC21)N1CCC([C@@H]2C[C@H](C(F)F)n3ncnc3N2)CC1. The second-order valence-corrected chi connectivity index (χ2v) is 8.72. The summed E-state index contributed by atoms with van der Waals surface area (Å²) in [5, 5.41) is 7.25. The van der Waals surface area contributed by atoms with Gasteiger partial charge in [0.2, 0.25) is 11.9 Å². The van der Waals surface area contributed by atoms with E-state index in [0.717, 1.165) is 25.9 Å². The van der Waals surface area contributed by atoms with Crippen molar-refractivity contribution in [2.75, 3.05) is 18.4 Å². The predicted molar refractivity (Wildman–Crippen MR) is 95.3 cm³/mol. The summed E-state index contributed by atoms with van der Waals surface area (Å²) in [6.07, 6.45) is 5.97. The molecule has 1 amide bonds. The maximum Gasteiger partial charge on any atom is 0.260 e. The molecule has 5 rings (SSSR count). The van der Waals surface area contributed by atoms with Crippen LogP contribution in [0.25, 0.3) is 0 Å². The fraction of sp³-hybridized carbons (Fsp3) is 0.842. The number of amides is 1. The first-order valence-corrected chi connectivity index (χ1v) is 10.4. The van der Waals surface area contributed by atoms with Crippen LogP contribution >= 0.6 is 0 Å². The molecule has 0 aromatic carbocycles. The van der Waals surface area contributed by atoms with Crippen LogP contribution in [0, 0.1) is 23.7 Å². The molecule has 2 saturated carbocycles. The van der Waals surface area contributed by atoms with Gasteiger partial charge in [-0.2, -0.15) is 10.1 Å². The molecular weight excluding hydrogens is 352 g/mol.